The van der Waals surface area contributed by atoms with Gasteiger partial charge in [0, 0.05) is 39.1 Å². The molecule has 0 aliphatic carbocycles. The first-order chi connectivity index (χ1) is 11.5. The number of amides is 2. The second kappa shape index (κ2) is 7.30. The molecule has 2 fully saturated rings. The third kappa shape index (κ3) is 3.39. The fourth-order valence-electron chi connectivity index (χ4n) is 3.38. The maximum atomic E-state index is 12.8. The summed E-state index contributed by atoms with van der Waals surface area (Å²) in [6, 6.07) is 5.15. The van der Waals surface area contributed by atoms with Crippen LogP contribution in [0, 0.1) is 5.92 Å². The Bertz CT molecular complexity index is 624. The number of rotatable bonds is 3. The second-order valence-corrected chi connectivity index (χ2v) is 7.05. The summed E-state index contributed by atoms with van der Waals surface area (Å²) >= 11 is 12.4. The number of carbonyl (C=O) groups excluding carboxylic acids is 2. The Morgan fingerprint density at radius 1 is 1.17 bits per heavy atom. The molecule has 2 amide bonds. The minimum atomic E-state index is -0.321. The SMILES string of the molecule is CCN1CCN(C(=O)C2CC(=O)N(c3c(Cl)cccc3Cl)C2)CC1. The zero-order valence-electron chi connectivity index (χ0n) is 13.7. The zero-order valence-corrected chi connectivity index (χ0v) is 15.2. The standard InChI is InChI=1S/C17H21Cl2N3O2/c1-2-20-6-8-21(9-7-20)17(24)12-10-15(23)22(11-12)16-13(18)4-3-5-14(16)19/h3-5,12H,2,6-11H2,1H3. The van der Waals surface area contributed by atoms with Crippen LogP contribution in [-0.4, -0.2) is 60.9 Å². The van der Waals surface area contributed by atoms with Gasteiger partial charge in [0.05, 0.1) is 21.7 Å². The summed E-state index contributed by atoms with van der Waals surface area (Å²) in [5.74, 6) is -0.363. The van der Waals surface area contributed by atoms with Crippen LogP contribution in [0.1, 0.15) is 13.3 Å². The van der Waals surface area contributed by atoms with E-state index >= 15 is 0 Å². The predicted octanol–water partition coefficient (Wildman–Crippen LogP) is 2.51. The lowest BCUT2D eigenvalue weighted by molar-refractivity contribution is -0.137. The number of likely N-dealkylation sites (N-methyl/N-ethyl adjacent to an activating group) is 1. The summed E-state index contributed by atoms with van der Waals surface area (Å²) in [6.45, 7) is 6.70. The number of halogens is 2. The molecule has 0 N–H and O–H groups in total. The van der Waals surface area contributed by atoms with Crippen LogP contribution in [0.2, 0.25) is 10.0 Å². The summed E-state index contributed by atoms with van der Waals surface area (Å²) in [5.41, 5.74) is 0.511. The molecular weight excluding hydrogens is 349 g/mol. The molecule has 1 aromatic carbocycles. The van der Waals surface area contributed by atoms with E-state index in [9.17, 15) is 9.59 Å². The number of benzene rings is 1. The van der Waals surface area contributed by atoms with E-state index in [1.807, 2.05) is 4.90 Å². The van der Waals surface area contributed by atoms with Gasteiger partial charge in [-0.1, -0.05) is 36.2 Å². The topological polar surface area (TPSA) is 43.9 Å². The van der Waals surface area contributed by atoms with Crippen LogP contribution < -0.4 is 4.90 Å². The average Bonchev–Trinajstić information content (AvgIpc) is 2.96. The summed E-state index contributed by atoms with van der Waals surface area (Å²) in [5, 5.41) is 0.862. The van der Waals surface area contributed by atoms with Gasteiger partial charge in [-0.3, -0.25) is 9.59 Å². The number of anilines is 1. The van der Waals surface area contributed by atoms with Crippen molar-refractivity contribution in [1.82, 2.24) is 9.80 Å². The highest BCUT2D eigenvalue weighted by molar-refractivity contribution is 6.40. The Kier molecular flexibility index (Phi) is 5.33. The van der Waals surface area contributed by atoms with E-state index in [4.69, 9.17) is 23.2 Å². The minimum Gasteiger partial charge on any atom is -0.340 e. The monoisotopic (exact) mass is 369 g/mol. The highest BCUT2D eigenvalue weighted by Crippen LogP contribution is 2.37. The number of para-hydroxylation sites is 1. The molecule has 2 saturated heterocycles. The Labute approximate surface area is 152 Å². The molecule has 1 atom stereocenters. The van der Waals surface area contributed by atoms with E-state index in [2.05, 4.69) is 11.8 Å². The summed E-state index contributed by atoms with van der Waals surface area (Å²) in [7, 11) is 0. The summed E-state index contributed by atoms with van der Waals surface area (Å²) < 4.78 is 0. The Hall–Kier alpha value is -1.30. The first kappa shape index (κ1) is 17.5. The predicted molar refractivity (Wildman–Crippen MR) is 95.6 cm³/mol. The van der Waals surface area contributed by atoms with Gasteiger partial charge in [0.1, 0.15) is 0 Å². The van der Waals surface area contributed by atoms with Crippen molar-refractivity contribution in [3.05, 3.63) is 28.2 Å². The molecule has 1 unspecified atom stereocenters. The fourth-order valence-corrected chi connectivity index (χ4v) is 3.98. The van der Waals surface area contributed by atoms with Crippen molar-refractivity contribution >= 4 is 40.7 Å². The summed E-state index contributed by atoms with van der Waals surface area (Å²) in [6.07, 6.45) is 0.217. The van der Waals surface area contributed by atoms with E-state index in [0.717, 1.165) is 32.7 Å². The largest absolute Gasteiger partial charge is 0.340 e. The lowest BCUT2D eigenvalue weighted by atomic mass is 10.1. The third-order valence-electron chi connectivity index (χ3n) is 4.81. The molecule has 130 valence electrons. The molecule has 0 aromatic heterocycles. The van der Waals surface area contributed by atoms with Crippen molar-refractivity contribution in [1.29, 1.82) is 0 Å². The van der Waals surface area contributed by atoms with Gasteiger partial charge in [-0.2, -0.15) is 0 Å². The van der Waals surface area contributed by atoms with Crippen molar-refractivity contribution in [2.45, 2.75) is 13.3 Å². The van der Waals surface area contributed by atoms with E-state index < -0.39 is 0 Å². The first-order valence-electron chi connectivity index (χ1n) is 8.26. The van der Waals surface area contributed by atoms with Gasteiger partial charge in [-0.25, -0.2) is 0 Å². The van der Waals surface area contributed by atoms with E-state index in [1.165, 1.54) is 0 Å². The maximum absolute atomic E-state index is 12.8. The third-order valence-corrected chi connectivity index (χ3v) is 5.42. The molecule has 2 aliphatic rings. The molecule has 7 heteroatoms. The van der Waals surface area contributed by atoms with Crippen molar-refractivity contribution in [2.75, 3.05) is 44.2 Å². The molecule has 1 aromatic rings. The number of hydrogen-bond donors (Lipinski definition) is 0. The zero-order chi connectivity index (χ0) is 17.3. The smallest absolute Gasteiger partial charge is 0.228 e. The Balaban J connectivity index is 1.70. The van der Waals surface area contributed by atoms with Gasteiger partial charge in [-0.05, 0) is 18.7 Å². The van der Waals surface area contributed by atoms with Gasteiger partial charge in [0.25, 0.3) is 0 Å². The maximum Gasteiger partial charge on any atom is 0.228 e. The van der Waals surface area contributed by atoms with Crippen LogP contribution in [0.4, 0.5) is 5.69 Å². The molecule has 0 spiro atoms. The van der Waals surface area contributed by atoms with Crippen molar-refractivity contribution in [2.24, 2.45) is 5.92 Å². The van der Waals surface area contributed by atoms with Gasteiger partial charge in [0.2, 0.25) is 11.8 Å². The van der Waals surface area contributed by atoms with Crippen LogP contribution in [0.5, 0.6) is 0 Å². The molecule has 5 nitrogen and oxygen atoms in total. The average molecular weight is 370 g/mol. The van der Waals surface area contributed by atoms with Crippen LogP contribution in [0.15, 0.2) is 18.2 Å². The van der Waals surface area contributed by atoms with Crippen LogP contribution in [0.25, 0.3) is 0 Å². The number of hydrogen-bond acceptors (Lipinski definition) is 3. The highest BCUT2D eigenvalue weighted by Gasteiger charge is 2.39. The quantitative estimate of drug-likeness (QED) is 0.821. The van der Waals surface area contributed by atoms with E-state index in [0.29, 0.717) is 22.3 Å². The lowest BCUT2D eigenvalue weighted by Gasteiger charge is -2.35. The van der Waals surface area contributed by atoms with Gasteiger partial charge < -0.3 is 14.7 Å². The number of nitrogens with zero attached hydrogens (tertiary/aromatic N) is 3. The first-order valence-corrected chi connectivity index (χ1v) is 9.02. The van der Waals surface area contributed by atoms with Crippen LogP contribution in [-0.2, 0) is 9.59 Å². The Morgan fingerprint density at radius 3 is 2.38 bits per heavy atom. The normalized spacial score (nSPS) is 22.3. The molecule has 0 radical (unpaired) electrons. The van der Waals surface area contributed by atoms with Crippen molar-refractivity contribution in [3.8, 4) is 0 Å². The van der Waals surface area contributed by atoms with Crippen molar-refractivity contribution in [3.63, 3.8) is 0 Å². The van der Waals surface area contributed by atoms with Gasteiger partial charge in [-0.15, -0.1) is 0 Å². The van der Waals surface area contributed by atoms with E-state index in [-0.39, 0.29) is 24.2 Å². The molecular formula is C17H21Cl2N3O2. The summed E-state index contributed by atoms with van der Waals surface area (Å²) in [4.78, 5) is 30.9. The lowest BCUT2D eigenvalue weighted by Crippen LogP contribution is -2.50. The fraction of sp³-hybridized carbons (Fsp3) is 0.529. The highest BCUT2D eigenvalue weighted by atomic mass is 35.5. The molecule has 0 saturated carbocycles. The van der Waals surface area contributed by atoms with Gasteiger partial charge >= 0.3 is 0 Å². The van der Waals surface area contributed by atoms with Crippen molar-refractivity contribution < 1.29 is 9.59 Å². The van der Waals surface area contributed by atoms with Gasteiger partial charge in [0.15, 0.2) is 0 Å². The molecule has 0 bridgehead atoms. The molecule has 3 rings (SSSR count). The van der Waals surface area contributed by atoms with Crippen LogP contribution in [0.3, 0.4) is 0 Å². The second-order valence-electron chi connectivity index (χ2n) is 6.24. The molecule has 2 heterocycles. The number of carbonyl (C=O) groups is 2. The number of piperazine rings is 1. The van der Waals surface area contributed by atoms with Crippen LogP contribution >= 0.6 is 23.2 Å². The molecule has 2 aliphatic heterocycles. The van der Waals surface area contributed by atoms with E-state index in [1.54, 1.807) is 23.1 Å². The Morgan fingerprint density at radius 2 is 1.79 bits per heavy atom. The minimum absolute atomic E-state index is 0.0600. The molecule has 24 heavy (non-hydrogen) atoms.